The third-order valence-electron chi connectivity index (χ3n) is 2.37. The lowest BCUT2D eigenvalue weighted by Crippen LogP contribution is -2.20. The largest absolute Gasteiger partial charge is 0.303 e. The van der Waals surface area contributed by atoms with Gasteiger partial charge in [0.05, 0.1) is 10.5 Å². The number of hydrogen-bond donors (Lipinski definition) is 0. The Morgan fingerprint density at radius 1 is 1.25 bits per heavy atom. The monoisotopic (exact) mass is 253 g/mol. The highest BCUT2D eigenvalue weighted by molar-refractivity contribution is 6.45. The summed E-state index contributed by atoms with van der Waals surface area (Å²) in [5, 5.41) is 1.14. The Hall–Kier alpha value is -1.25. The fraction of sp³-hybridized carbons (Fsp3) is 0.0833. The van der Waals surface area contributed by atoms with Gasteiger partial charge < -0.3 is 4.57 Å². The van der Waals surface area contributed by atoms with Crippen molar-refractivity contribution in [2.45, 2.75) is 6.54 Å². The molecular weight excluding hydrogens is 245 g/mol. The van der Waals surface area contributed by atoms with Crippen molar-refractivity contribution in [3.8, 4) is 0 Å². The van der Waals surface area contributed by atoms with Crippen LogP contribution in [0.15, 0.2) is 41.7 Å². The number of fused-ring (bicyclic) bond motifs is 1. The van der Waals surface area contributed by atoms with E-state index in [2.05, 4.69) is 6.58 Å². The highest BCUT2D eigenvalue weighted by Crippen LogP contribution is 2.27. The van der Waals surface area contributed by atoms with E-state index in [9.17, 15) is 4.79 Å². The van der Waals surface area contributed by atoms with Gasteiger partial charge in [-0.25, -0.2) is 0 Å². The van der Waals surface area contributed by atoms with Gasteiger partial charge in [-0.05, 0) is 6.07 Å². The molecule has 1 aromatic heterocycles. The van der Waals surface area contributed by atoms with Crippen LogP contribution in [-0.4, -0.2) is 4.57 Å². The second kappa shape index (κ2) is 4.32. The molecular formula is C12H9Cl2NO. The van der Waals surface area contributed by atoms with Gasteiger partial charge in [0.1, 0.15) is 5.02 Å². The second-order valence-corrected chi connectivity index (χ2v) is 4.11. The van der Waals surface area contributed by atoms with Crippen LogP contribution >= 0.6 is 23.2 Å². The molecule has 0 amide bonds. The van der Waals surface area contributed by atoms with Gasteiger partial charge in [0.15, 0.2) is 0 Å². The van der Waals surface area contributed by atoms with Crippen molar-refractivity contribution < 1.29 is 0 Å². The van der Waals surface area contributed by atoms with Crippen LogP contribution in [0.2, 0.25) is 10.0 Å². The molecule has 16 heavy (non-hydrogen) atoms. The lowest BCUT2D eigenvalue weighted by molar-refractivity contribution is 0.819. The predicted octanol–water partition coefficient (Wildman–Crippen LogP) is 3.49. The lowest BCUT2D eigenvalue weighted by Gasteiger charge is -2.10. The first-order valence-electron chi connectivity index (χ1n) is 4.74. The molecule has 2 aromatic rings. The number of rotatable bonds is 2. The molecule has 0 aliphatic carbocycles. The first-order valence-corrected chi connectivity index (χ1v) is 5.50. The van der Waals surface area contributed by atoms with E-state index in [1.54, 1.807) is 10.6 Å². The molecule has 1 heterocycles. The summed E-state index contributed by atoms with van der Waals surface area (Å²) in [7, 11) is 0. The SMILES string of the molecule is C=CCn1c(=O)c(Cl)c(Cl)c2ccccc21. The van der Waals surface area contributed by atoms with E-state index in [0.717, 1.165) is 10.9 Å². The van der Waals surface area contributed by atoms with E-state index >= 15 is 0 Å². The Morgan fingerprint density at radius 3 is 2.62 bits per heavy atom. The molecule has 0 aliphatic heterocycles. The summed E-state index contributed by atoms with van der Waals surface area (Å²) < 4.78 is 1.55. The highest BCUT2D eigenvalue weighted by Gasteiger charge is 2.12. The van der Waals surface area contributed by atoms with Crippen LogP contribution < -0.4 is 5.56 Å². The Morgan fingerprint density at radius 2 is 1.94 bits per heavy atom. The first kappa shape index (κ1) is 11.2. The van der Waals surface area contributed by atoms with Crippen molar-refractivity contribution in [3.05, 3.63) is 57.3 Å². The summed E-state index contributed by atoms with van der Waals surface area (Å²) in [6.45, 7) is 4.03. The van der Waals surface area contributed by atoms with Gasteiger partial charge in [0.25, 0.3) is 5.56 Å². The van der Waals surface area contributed by atoms with Crippen LogP contribution in [0.4, 0.5) is 0 Å². The molecule has 0 radical (unpaired) electrons. The minimum atomic E-state index is -0.287. The zero-order valence-corrected chi connectivity index (χ0v) is 9.92. The minimum Gasteiger partial charge on any atom is -0.303 e. The van der Waals surface area contributed by atoms with Gasteiger partial charge in [-0.3, -0.25) is 4.79 Å². The molecule has 0 spiro atoms. The third kappa shape index (κ3) is 1.64. The van der Waals surface area contributed by atoms with Gasteiger partial charge in [0.2, 0.25) is 0 Å². The molecule has 0 aliphatic rings. The number of pyridine rings is 1. The minimum absolute atomic E-state index is 0.0576. The smallest absolute Gasteiger partial charge is 0.271 e. The normalized spacial score (nSPS) is 10.6. The Labute approximate surface area is 103 Å². The second-order valence-electron chi connectivity index (χ2n) is 3.35. The van der Waals surface area contributed by atoms with Gasteiger partial charge in [0, 0.05) is 11.9 Å². The molecule has 0 bridgehead atoms. The molecule has 2 rings (SSSR count). The number of para-hydroxylation sites is 1. The van der Waals surface area contributed by atoms with Crippen LogP contribution in [0, 0.1) is 0 Å². The van der Waals surface area contributed by atoms with Crippen molar-refractivity contribution in [1.29, 1.82) is 0 Å². The number of nitrogens with zero attached hydrogens (tertiary/aromatic N) is 1. The Bertz CT molecular complexity index is 616. The van der Waals surface area contributed by atoms with Crippen LogP contribution in [0.3, 0.4) is 0 Å². The Balaban J connectivity index is 2.97. The summed E-state index contributed by atoms with van der Waals surface area (Å²) in [4.78, 5) is 11.9. The van der Waals surface area contributed by atoms with E-state index in [-0.39, 0.29) is 10.6 Å². The zero-order chi connectivity index (χ0) is 11.7. The summed E-state index contributed by atoms with van der Waals surface area (Å²) >= 11 is 11.9. The maximum Gasteiger partial charge on any atom is 0.271 e. The van der Waals surface area contributed by atoms with Crippen LogP contribution in [0.1, 0.15) is 0 Å². The molecule has 0 atom stereocenters. The number of benzene rings is 1. The van der Waals surface area contributed by atoms with E-state index in [0.29, 0.717) is 11.6 Å². The van der Waals surface area contributed by atoms with E-state index in [1.165, 1.54) is 0 Å². The molecule has 0 unspecified atom stereocenters. The van der Waals surface area contributed by atoms with E-state index in [4.69, 9.17) is 23.2 Å². The number of allylic oxidation sites excluding steroid dienone is 1. The molecule has 0 fully saturated rings. The molecule has 0 saturated heterocycles. The summed E-state index contributed by atoms with van der Waals surface area (Å²) in [6.07, 6.45) is 1.65. The Kier molecular flexibility index (Phi) is 3.03. The van der Waals surface area contributed by atoms with Gasteiger partial charge in [-0.2, -0.15) is 0 Å². The van der Waals surface area contributed by atoms with Crippen molar-refractivity contribution in [3.63, 3.8) is 0 Å². The standard InChI is InChI=1S/C12H9Cl2NO/c1-2-7-15-9-6-4-3-5-8(9)10(13)11(14)12(15)16/h2-6H,1,7H2. The van der Waals surface area contributed by atoms with E-state index < -0.39 is 0 Å². The maximum atomic E-state index is 11.9. The quantitative estimate of drug-likeness (QED) is 0.752. The molecule has 4 heteroatoms. The number of hydrogen-bond acceptors (Lipinski definition) is 1. The molecule has 1 aromatic carbocycles. The predicted molar refractivity (Wildman–Crippen MR) is 68.4 cm³/mol. The van der Waals surface area contributed by atoms with Crippen molar-refractivity contribution in [1.82, 2.24) is 4.57 Å². The maximum absolute atomic E-state index is 11.9. The van der Waals surface area contributed by atoms with Gasteiger partial charge >= 0.3 is 0 Å². The summed E-state index contributed by atoms with van der Waals surface area (Å²) in [5.74, 6) is 0. The molecule has 0 saturated carbocycles. The van der Waals surface area contributed by atoms with E-state index in [1.807, 2.05) is 24.3 Å². The highest BCUT2D eigenvalue weighted by atomic mass is 35.5. The first-order chi connectivity index (χ1) is 7.66. The van der Waals surface area contributed by atoms with Crippen LogP contribution in [0.25, 0.3) is 10.9 Å². The number of halogens is 2. The number of aromatic nitrogens is 1. The summed E-state index contributed by atoms with van der Waals surface area (Å²) in [5.41, 5.74) is 0.479. The van der Waals surface area contributed by atoms with Crippen molar-refractivity contribution in [2.75, 3.05) is 0 Å². The fourth-order valence-corrected chi connectivity index (χ4v) is 2.09. The van der Waals surface area contributed by atoms with Crippen molar-refractivity contribution in [2.24, 2.45) is 0 Å². The van der Waals surface area contributed by atoms with Crippen LogP contribution in [0.5, 0.6) is 0 Å². The van der Waals surface area contributed by atoms with Gasteiger partial charge in [-0.1, -0.05) is 47.5 Å². The van der Waals surface area contributed by atoms with Crippen LogP contribution in [-0.2, 0) is 6.54 Å². The topological polar surface area (TPSA) is 22.0 Å². The molecule has 0 N–H and O–H groups in total. The molecule has 82 valence electrons. The fourth-order valence-electron chi connectivity index (χ4n) is 1.64. The van der Waals surface area contributed by atoms with Gasteiger partial charge in [-0.15, -0.1) is 6.58 Å². The average molecular weight is 254 g/mol. The average Bonchev–Trinajstić information content (AvgIpc) is 2.32. The van der Waals surface area contributed by atoms with Crippen molar-refractivity contribution >= 4 is 34.1 Å². The lowest BCUT2D eigenvalue weighted by atomic mass is 10.2. The zero-order valence-electron chi connectivity index (χ0n) is 8.41. The molecule has 2 nitrogen and oxygen atoms in total. The summed E-state index contributed by atoms with van der Waals surface area (Å²) in [6, 6.07) is 7.38. The third-order valence-corrected chi connectivity index (χ3v) is 3.21.